The van der Waals surface area contributed by atoms with E-state index in [1.807, 2.05) is 6.92 Å². The summed E-state index contributed by atoms with van der Waals surface area (Å²) in [5, 5.41) is 11.6. The van der Waals surface area contributed by atoms with Crippen LogP contribution in [0.3, 0.4) is 0 Å². The number of aromatic carboxylic acids is 1. The molecule has 1 heterocycles. The van der Waals surface area contributed by atoms with Crippen LogP contribution in [0.25, 0.3) is 0 Å². The van der Waals surface area contributed by atoms with Gasteiger partial charge < -0.3 is 10.4 Å². The van der Waals surface area contributed by atoms with E-state index < -0.39 is 17.8 Å². The van der Waals surface area contributed by atoms with Crippen LogP contribution in [0.1, 0.15) is 21.6 Å². The molecule has 0 amide bonds. The van der Waals surface area contributed by atoms with Crippen molar-refractivity contribution in [2.45, 2.75) is 13.1 Å². The highest BCUT2D eigenvalue weighted by atomic mass is 19.4. The Morgan fingerprint density at radius 2 is 1.76 bits per heavy atom. The Kier molecular flexibility index (Phi) is 3.84. The number of nitrogens with zero attached hydrogens (tertiary/aromatic N) is 1. The van der Waals surface area contributed by atoms with E-state index in [1.54, 1.807) is 24.3 Å². The van der Waals surface area contributed by atoms with Crippen molar-refractivity contribution in [1.82, 2.24) is 4.98 Å². The highest BCUT2D eigenvalue weighted by molar-refractivity contribution is 5.94. The Morgan fingerprint density at radius 3 is 2.29 bits per heavy atom. The lowest BCUT2D eigenvalue weighted by atomic mass is 10.2. The number of carbonyl (C=O) groups is 1. The lowest BCUT2D eigenvalue weighted by molar-refractivity contribution is -0.141. The predicted octanol–water partition coefficient (Wildman–Crippen LogP) is 3.85. The van der Waals surface area contributed by atoms with Gasteiger partial charge in [0, 0.05) is 5.69 Å². The van der Waals surface area contributed by atoms with Crippen LogP contribution in [-0.4, -0.2) is 16.1 Å². The number of alkyl halides is 3. The lowest BCUT2D eigenvalue weighted by Gasteiger charge is -2.12. The first-order chi connectivity index (χ1) is 9.77. The van der Waals surface area contributed by atoms with Gasteiger partial charge in [0.15, 0.2) is 0 Å². The molecule has 2 N–H and O–H groups in total. The van der Waals surface area contributed by atoms with E-state index in [0.717, 1.165) is 11.6 Å². The molecule has 0 saturated carbocycles. The average molecular weight is 296 g/mol. The smallest absolute Gasteiger partial charge is 0.433 e. The van der Waals surface area contributed by atoms with Gasteiger partial charge in [-0.05, 0) is 31.2 Å². The molecule has 110 valence electrons. The fourth-order valence-electron chi connectivity index (χ4n) is 1.66. The van der Waals surface area contributed by atoms with Crippen LogP contribution in [0.4, 0.5) is 24.7 Å². The van der Waals surface area contributed by atoms with Crippen molar-refractivity contribution in [2.75, 3.05) is 5.32 Å². The van der Waals surface area contributed by atoms with Gasteiger partial charge >= 0.3 is 12.1 Å². The molecule has 1 aromatic heterocycles. The molecule has 7 heteroatoms. The van der Waals surface area contributed by atoms with Crippen LogP contribution in [0, 0.1) is 6.92 Å². The summed E-state index contributed by atoms with van der Waals surface area (Å²) < 4.78 is 38.0. The third-order valence-corrected chi connectivity index (χ3v) is 2.73. The van der Waals surface area contributed by atoms with E-state index in [2.05, 4.69) is 10.3 Å². The van der Waals surface area contributed by atoms with Crippen LogP contribution < -0.4 is 5.32 Å². The van der Waals surface area contributed by atoms with Crippen LogP contribution in [0.5, 0.6) is 0 Å². The highest BCUT2D eigenvalue weighted by Gasteiger charge is 2.33. The number of pyridine rings is 1. The second-order valence-electron chi connectivity index (χ2n) is 4.39. The van der Waals surface area contributed by atoms with Gasteiger partial charge in [-0.25, -0.2) is 9.78 Å². The van der Waals surface area contributed by atoms with Crippen molar-refractivity contribution in [3.8, 4) is 0 Å². The van der Waals surface area contributed by atoms with Gasteiger partial charge in [0.05, 0.1) is 0 Å². The second-order valence-corrected chi connectivity index (χ2v) is 4.39. The summed E-state index contributed by atoms with van der Waals surface area (Å²) in [5.74, 6) is -1.70. The zero-order valence-electron chi connectivity index (χ0n) is 10.9. The molecular formula is C14H11F3N2O2. The molecule has 0 radical (unpaired) electrons. The highest BCUT2D eigenvalue weighted by Crippen LogP contribution is 2.30. The first-order valence-corrected chi connectivity index (χ1v) is 5.92. The monoisotopic (exact) mass is 296 g/mol. The van der Waals surface area contributed by atoms with E-state index in [4.69, 9.17) is 5.11 Å². The molecule has 2 rings (SSSR count). The molecule has 1 aromatic carbocycles. The number of benzene rings is 1. The number of nitrogens with one attached hydrogen (secondary N) is 1. The number of carboxylic acids is 1. The molecule has 0 aliphatic carbocycles. The minimum atomic E-state index is -4.64. The Balaban J connectivity index is 2.43. The Morgan fingerprint density at radius 1 is 1.14 bits per heavy atom. The first kappa shape index (κ1) is 14.8. The van der Waals surface area contributed by atoms with Crippen LogP contribution in [-0.2, 0) is 6.18 Å². The zero-order chi connectivity index (χ0) is 15.6. The first-order valence-electron chi connectivity index (χ1n) is 5.92. The van der Waals surface area contributed by atoms with Crippen molar-refractivity contribution >= 4 is 17.5 Å². The summed E-state index contributed by atoms with van der Waals surface area (Å²) in [4.78, 5) is 14.4. The molecule has 0 bridgehead atoms. The van der Waals surface area contributed by atoms with Gasteiger partial charge in [-0.1, -0.05) is 17.7 Å². The van der Waals surface area contributed by atoms with E-state index >= 15 is 0 Å². The number of carboxylic acid groups (broad SMARTS) is 1. The number of aromatic nitrogens is 1. The van der Waals surface area contributed by atoms with Crippen molar-refractivity contribution in [1.29, 1.82) is 0 Å². The fraction of sp³-hybridized carbons (Fsp3) is 0.143. The van der Waals surface area contributed by atoms with Gasteiger partial charge in [-0.15, -0.1) is 0 Å². The minimum Gasteiger partial charge on any atom is -0.478 e. The van der Waals surface area contributed by atoms with Crippen molar-refractivity contribution in [3.05, 3.63) is 53.2 Å². The largest absolute Gasteiger partial charge is 0.478 e. The van der Waals surface area contributed by atoms with Crippen LogP contribution >= 0.6 is 0 Å². The molecule has 0 fully saturated rings. The van der Waals surface area contributed by atoms with E-state index in [9.17, 15) is 18.0 Å². The van der Waals surface area contributed by atoms with Gasteiger partial charge in [0.1, 0.15) is 17.1 Å². The molecule has 4 nitrogen and oxygen atoms in total. The third-order valence-electron chi connectivity index (χ3n) is 2.73. The summed E-state index contributed by atoms with van der Waals surface area (Å²) in [6, 6.07) is 8.27. The second kappa shape index (κ2) is 5.43. The molecule has 0 aliphatic heterocycles. The van der Waals surface area contributed by atoms with E-state index in [0.29, 0.717) is 11.8 Å². The number of hydrogen-bond acceptors (Lipinski definition) is 3. The molecule has 0 unspecified atom stereocenters. The molecule has 0 atom stereocenters. The number of anilines is 2. The Hall–Kier alpha value is -2.57. The summed E-state index contributed by atoms with van der Waals surface area (Å²) in [6.07, 6.45) is -4.64. The van der Waals surface area contributed by atoms with Crippen LogP contribution in [0.15, 0.2) is 36.4 Å². The molecule has 0 aliphatic rings. The topological polar surface area (TPSA) is 62.2 Å². The summed E-state index contributed by atoms with van der Waals surface area (Å²) in [6.45, 7) is 1.86. The lowest BCUT2D eigenvalue weighted by Crippen LogP contribution is -2.12. The standard InChI is InChI=1S/C14H11F3N2O2/c1-8-2-4-9(5-3-8)18-12-10(13(20)21)6-7-11(19-12)14(15,16)17/h2-7H,1H3,(H,18,19)(H,20,21). The zero-order valence-corrected chi connectivity index (χ0v) is 10.9. The number of aryl methyl sites for hydroxylation is 1. The van der Waals surface area contributed by atoms with E-state index in [-0.39, 0.29) is 11.4 Å². The molecule has 0 saturated heterocycles. The molecular weight excluding hydrogens is 285 g/mol. The number of hydrogen-bond donors (Lipinski definition) is 2. The van der Waals surface area contributed by atoms with Crippen molar-refractivity contribution in [3.63, 3.8) is 0 Å². The number of rotatable bonds is 3. The maximum Gasteiger partial charge on any atom is 0.433 e. The minimum absolute atomic E-state index is 0.330. The predicted molar refractivity (Wildman–Crippen MR) is 70.7 cm³/mol. The Labute approximate surface area is 118 Å². The fourth-order valence-corrected chi connectivity index (χ4v) is 1.66. The molecule has 2 aromatic rings. The molecule has 21 heavy (non-hydrogen) atoms. The van der Waals surface area contributed by atoms with Crippen molar-refractivity contribution in [2.24, 2.45) is 0 Å². The average Bonchev–Trinajstić information content (AvgIpc) is 2.40. The van der Waals surface area contributed by atoms with Gasteiger partial charge in [0.25, 0.3) is 0 Å². The summed E-state index contributed by atoms with van der Waals surface area (Å²) in [5.41, 5.74) is -0.0587. The third kappa shape index (κ3) is 3.50. The van der Waals surface area contributed by atoms with Gasteiger partial charge in [-0.3, -0.25) is 0 Å². The number of halogens is 3. The quantitative estimate of drug-likeness (QED) is 0.903. The summed E-state index contributed by atoms with van der Waals surface area (Å²) in [7, 11) is 0. The SMILES string of the molecule is Cc1ccc(Nc2nc(C(F)(F)F)ccc2C(=O)O)cc1. The van der Waals surface area contributed by atoms with Gasteiger partial charge in [-0.2, -0.15) is 13.2 Å². The maximum atomic E-state index is 12.7. The normalized spacial score (nSPS) is 11.2. The maximum absolute atomic E-state index is 12.7. The Bertz CT molecular complexity index is 667. The van der Waals surface area contributed by atoms with Crippen molar-refractivity contribution < 1.29 is 23.1 Å². The van der Waals surface area contributed by atoms with Gasteiger partial charge in [0.2, 0.25) is 0 Å². The van der Waals surface area contributed by atoms with Crippen LogP contribution in [0.2, 0.25) is 0 Å². The summed E-state index contributed by atoms with van der Waals surface area (Å²) >= 11 is 0. The molecule has 0 spiro atoms. The van der Waals surface area contributed by atoms with E-state index in [1.165, 1.54) is 0 Å².